The number of benzene rings is 1. The Morgan fingerprint density at radius 2 is 1.96 bits per heavy atom. The average Bonchev–Trinajstić information content (AvgIpc) is 3.36. The lowest BCUT2D eigenvalue weighted by Gasteiger charge is -2.37. The van der Waals surface area contributed by atoms with Crippen LogP contribution in [-0.2, 0) is 6.54 Å². The second-order valence-corrected chi connectivity index (χ2v) is 7.98. The van der Waals surface area contributed by atoms with Crippen LogP contribution in [0.3, 0.4) is 0 Å². The molecule has 2 aromatic heterocycles. The number of fused-ring (bicyclic) bond motifs is 1. The van der Waals surface area contributed by atoms with Crippen LogP contribution in [0, 0.1) is 6.92 Å². The Labute approximate surface area is 170 Å². The standard InChI is InChI=1S/C21H28N6S/c1-17-24-18-7-3-4-8-19(18)27(17)11-6-10-23-21(22-2)26-14-12-25(13-15-26)20-9-5-16-28-20/h3-5,7-9,16H,6,10-15H2,1-2H3,(H,22,23). The topological polar surface area (TPSA) is 48.7 Å². The lowest BCUT2D eigenvalue weighted by Crippen LogP contribution is -2.52. The van der Waals surface area contributed by atoms with Crippen LogP contribution in [0.15, 0.2) is 46.8 Å². The zero-order valence-corrected chi connectivity index (χ0v) is 17.5. The van der Waals surface area contributed by atoms with E-state index in [1.54, 1.807) is 0 Å². The molecule has 0 unspecified atom stereocenters. The Morgan fingerprint density at radius 3 is 2.71 bits per heavy atom. The SMILES string of the molecule is CN=C(NCCCn1c(C)nc2ccccc21)N1CCN(c2cccs2)CC1. The predicted molar refractivity (Wildman–Crippen MR) is 119 cm³/mol. The van der Waals surface area contributed by atoms with E-state index in [9.17, 15) is 0 Å². The maximum Gasteiger partial charge on any atom is 0.193 e. The molecular formula is C21H28N6S. The van der Waals surface area contributed by atoms with Gasteiger partial charge in [-0.1, -0.05) is 12.1 Å². The first-order chi connectivity index (χ1) is 13.8. The van der Waals surface area contributed by atoms with E-state index in [0.717, 1.165) is 63.0 Å². The monoisotopic (exact) mass is 396 g/mol. The molecule has 3 aromatic rings. The van der Waals surface area contributed by atoms with Gasteiger partial charge in [0.15, 0.2) is 5.96 Å². The first kappa shape index (κ1) is 18.8. The van der Waals surface area contributed by atoms with Crippen molar-refractivity contribution in [2.75, 3.05) is 44.7 Å². The second-order valence-electron chi connectivity index (χ2n) is 7.05. The van der Waals surface area contributed by atoms with Gasteiger partial charge >= 0.3 is 0 Å². The summed E-state index contributed by atoms with van der Waals surface area (Å²) < 4.78 is 2.31. The molecular weight excluding hydrogens is 368 g/mol. The van der Waals surface area contributed by atoms with Crippen LogP contribution in [0.1, 0.15) is 12.2 Å². The number of hydrogen-bond donors (Lipinski definition) is 1. The Hall–Kier alpha value is -2.54. The number of thiophene rings is 1. The molecule has 1 aliphatic rings. The highest BCUT2D eigenvalue weighted by Crippen LogP contribution is 2.22. The van der Waals surface area contributed by atoms with Gasteiger partial charge in [-0.05, 0) is 43.0 Å². The summed E-state index contributed by atoms with van der Waals surface area (Å²) in [6.45, 7) is 8.04. The van der Waals surface area contributed by atoms with Gasteiger partial charge in [-0.2, -0.15) is 0 Å². The van der Waals surface area contributed by atoms with Crippen LogP contribution >= 0.6 is 11.3 Å². The number of hydrogen-bond acceptors (Lipinski definition) is 4. The predicted octanol–water partition coefficient (Wildman–Crippen LogP) is 3.19. The molecule has 0 spiro atoms. The van der Waals surface area contributed by atoms with Crippen LogP contribution in [0.4, 0.5) is 5.00 Å². The van der Waals surface area contributed by atoms with Crippen LogP contribution in [-0.4, -0.2) is 60.2 Å². The van der Waals surface area contributed by atoms with E-state index in [1.165, 1.54) is 10.5 Å². The van der Waals surface area contributed by atoms with E-state index in [-0.39, 0.29) is 0 Å². The van der Waals surface area contributed by atoms with Gasteiger partial charge in [0.2, 0.25) is 0 Å². The Kier molecular flexibility index (Phi) is 5.81. The van der Waals surface area contributed by atoms with Crippen molar-refractivity contribution in [3.8, 4) is 0 Å². The molecule has 0 atom stereocenters. The summed E-state index contributed by atoms with van der Waals surface area (Å²) in [5, 5.41) is 7.06. The highest BCUT2D eigenvalue weighted by Gasteiger charge is 2.20. The van der Waals surface area contributed by atoms with Crippen molar-refractivity contribution in [3.05, 3.63) is 47.6 Å². The molecule has 1 N–H and O–H groups in total. The number of aliphatic imine (C=N–C) groups is 1. The van der Waals surface area contributed by atoms with Crippen LogP contribution in [0.2, 0.25) is 0 Å². The van der Waals surface area contributed by atoms with Crippen LogP contribution in [0.5, 0.6) is 0 Å². The van der Waals surface area contributed by atoms with E-state index >= 15 is 0 Å². The Bertz CT molecular complexity index is 922. The van der Waals surface area contributed by atoms with Gasteiger partial charge in [-0.15, -0.1) is 11.3 Å². The molecule has 0 amide bonds. The zero-order valence-electron chi connectivity index (χ0n) is 16.6. The number of nitrogens with zero attached hydrogens (tertiary/aromatic N) is 5. The molecule has 3 heterocycles. The molecule has 4 rings (SSSR count). The summed E-state index contributed by atoms with van der Waals surface area (Å²) in [4.78, 5) is 14.0. The molecule has 1 aliphatic heterocycles. The Balaban J connectivity index is 1.26. The molecule has 148 valence electrons. The van der Waals surface area contributed by atoms with Gasteiger partial charge in [-0.3, -0.25) is 4.99 Å². The van der Waals surface area contributed by atoms with E-state index in [1.807, 2.05) is 24.5 Å². The fourth-order valence-corrected chi connectivity index (χ4v) is 4.62. The van der Waals surface area contributed by atoms with Crippen molar-refractivity contribution in [3.63, 3.8) is 0 Å². The van der Waals surface area contributed by atoms with Crippen molar-refractivity contribution in [1.29, 1.82) is 0 Å². The summed E-state index contributed by atoms with van der Waals surface area (Å²) in [5.74, 6) is 2.09. The third-order valence-electron chi connectivity index (χ3n) is 5.30. The zero-order chi connectivity index (χ0) is 19.3. The first-order valence-corrected chi connectivity index (χ1v) is 10.8. The van der Waals surface area contributed by atoms with Gasteiger partial charge in [-0.25, -0.2) is 4.98 Å². The fourth-order valence-electron chi connectivity index (χ4n) is 3.84. The Morgan fingerprint density at radius 1 is 1.14 bits per heavy atom. The lowest BCUT2D eigenvalue weighted by atomic mass is 10.3. The van der Waals surface area contributed by atoms with E-state index < -0.39 is 0 Å². The minimum Gasteiger partial charge on any atom is -0.360 e. The molecule has 28 heavy (non-hydrogen) atoms. The fraction of sp³-hybridized carbons (Fsp3) is 0.429. The molecule has 0 aliphatic carbocycles. The van der Waals surface area contributed by atoms with Gasteiger partial charge in [0.05, 0.1) is 16.0 Å². The molecule has 0 bridgehead atoms. The summed E-state index contributed by atoms with van der Waals surface area (Å²) in [6.07, 6.45) is 1.04. The van der Waals surface area contributed by atoms with Crippen molar-refractivity contribution in [2.24, 2.45) is 4.99 Å². The second kappa shape index (κ2) is 8.65. The van der Waals surface area contributed by atoms with Crippen molar-refractivity contribution >= 4 is 33.3 Å². The minimum atomic E-state index is 0.907. The number of aryl methyl sites for hydroxylation is 2. The molecule has 0 saturated carbocycles. The van der Waals surface area contributed by atoms with Gasteiger partial charge < -0.3 is 19.7 Å². The highest BCUT2D eigenvalue weighted by atomic mass is 32.1. The third-order valence-corrected chi connectivity index (χ3v) is 6.22. The van der Waals surface area contributed by atoms with Crippen LogP contribution in [0.25, 0.3) is 11.0 Å². The number of rotatable bonds is 5. The van der Waals surface area contributed by atoms with Crippen molar-refractivity contribution in [2.45, 2.75) is 19.9 Å². The highest BCUT2D eigenvalue weighted by molar-refractivity contribution is 7.14. The first-order valence-electron chi connectivity index (χ1n) is 9.92. The third kappa shape index (κ3) is 3.99. The number of guanidine groups is 1. The quantitative estimate of drug-likeness (QED) is 0.409. The maximum absolute atomic E-state index is 4.65. The summed E-state index contributed by atoms with van der Waals surface area (Å²) in [5.41, 5.74) is 2.29. The number of anilines is 1. The smallest absolute Gasteiger partial charge is 0.193 e. The van der Waals surface area contributed by atoms with Gasteiger partial charge in [0, 0.05) is 46.3 Å². The summed E-state index contributed by atoms with van der Waals surface area (Å²) in [6, 6.07) is 12.7. The average molecular weight is 397 g/mol. The molecule has 0 radical (unpaired) electrons. The van der Waals surface area contributed by atoms with Crippen molar-refractivity contribution < 1.29 is 0 Å². The van der Waals surface area contributed by atoms with E-state index in [0.29, 0.717) is 0 Å². The molecule has 1 fully saturated rings. The number of piperazine rings is 1. The number of nitrogens with one attached hydrogen (secondary N) is 1. The number of imidazole rings is 1. The molecule has 1 saturated heterocycles. The summed E-state index contributed by atoms with van der Waals surface area (Å²) >= 11 is 1.82. The lowest BCUT2D eigenvalue weighted by molar-refractivity contribution is 0.373. The van der Waals surface area contributed by atoms with E-state index in [2.05, 4.69) is 72.3 Å². The molecule has 7 heteroatoms. The normalized spacial score (nSPS) is 15.4. The largest absolute Gasteiger partial charge is 0.360 e. The summed E-state index contributed by atoms with van der Waals surface area (Å²) in [7, 11) is 1.88. The number of aromatic nitrogens is 2. The number of para-hydroxylation sites is 2. The van der Waals surface area contributed by atoms with E-state index in [4.69, 9.17) is 0 Å². The maximum atomic E-state index is 4.65. The van der Waals surface area contributed by atoms with Crippen LogP contribution < -0.4 is 10.2 Å². The van der Waals surface area contributed by atoms with Gasteiger partial charge in [0.25, 0.3) is 0 Å². The molecule has 6 nitrogen and oxygen atoms in total. The van der Waals surface area contributed by atoms with Crippen molar-refractivity contribution in [1.82, 2.24) is 19.8 Å². The van der Waals surface area contributed by atoms with Gasteiger partial charge in [0.1, 0.15) is 5.82 Å². The molecule has 1 aromatic carbocycles. The minimum absolute atomic E-state index is 0.907.